The van der Waals surface area contributed by atoms with Gasteiger partial charge in [0.25, 0.3) is 5.91 Å². The molecule has 1 heterocycles. The van der Waals surface area contributed by atoms with Crippen LogP contribution in [0.15, 0.2) is 30.7 Å². The van der Waals surface area contributed by atoms with Gasteiger partial charge in [-0.05, 0) is 30.5 Å². The van der Waals surface area contributed by atoms with Crippen molar-refractivity contribution in [2.75, 3.05) is 13.7 Å². The third kappa shape index (κ3) is 7.80. The Hall–Kier alpha value is -4.09. The summed E-state index contributed by atoms with van der Waals surface area (Å²) in [7, 11) is 1.34. The topological polar surface area (TPSA) is 183 Å². The number of amides is 3. The average Bonchev–Trinajstić information content (AvgIpc) is 3.29. The van der Waals surface area contributed by atoms with Gasteiger partial charge >= 0.3 is 5.97 Å². The highest BCUT2D eigenvalue weighted by atomic mass is 16.5. The van der Waals surface area contributed by atoms with Gasteiger partial charge in [0, 0.05) is 23.9 Å². The van der Waals surface area contributed by atoms with Crippen molar-refractivity contribution in [1.29, 1.82) is 0 Å². The molecule has 0 bridgehead atoms. The summed E-state index contributed by atoms with van der Waals surface area (Å²) in [5.41, 5.74) is 0.712. The summed E-state index contributed by atoms with van der Waals surface area (Å²) in [4.78, 5) is 55.9. The number of phenols is 1. The lowest BCUT2D eigenvalue weighted by atomic mass is 10.0. The number of methoxy groups -OCH3 is 1. The maximum Gasteiger partial charge on any atom is 0.326 e. The van der Waals surface area contributed by atoms with Crippen molar-refractivity contribution in [2.24, 2.45) is 5.92 Å². The maximum atomic E-state index is 12.8. The maximum absolute atomic E-state index is 12.8. The molecule has 0 fully saturated rings. The lowest BCUT2D eigenvalue weighted by molar-refractivity contribution is -0.142. The van der Waals surface area contributed by atoms with Gasteiger partial charge in [-0.15, -0.1) is 0 Å². The van der Waals surface area contributed by atoms with E-state index in [1.54, 1.807) is 0 Å². The van der Waals surface area contributed by atoms with Gasteiger partial charge in [0.1, 0.15) is 12.1 Å². The third-order valence-corrected chi connectivity index (χ3v) is 4.80. The van der Waals surface area contributed by atoms with E-state index in [1.165, 1.54) is 37.8 Å². The molecule has 0 aliphatic heterocycles. The number of carbonyl (C=O) groups is 4. The fourth-order valence-electron chi connectivity index (χ4n) is 3.12. The number of benzene rings is 1. The van der Waals surface area contributed by atoms with Crippen LogP contribution < -0.4 is 20.7 Å². The Bertz CT molecular complexity index is 1010. The lowest BCUT2D eigenvalue weighted by Crippen LogP contribution is -2.54. The summed E-state index contributed by atoms with van der Waals surface area (Å²) in [6.07, 6.45) is 3.15. The van der Waals surface area contributed by atoms with E-state index in [0.29, 0.717) is 5.69 Å². The van der Waals surface area contributed by atoms with Gasteiger partial charge in [-0.1, -0.05) is 13.8 Å². The number of aliphatic carboxylic acids is 1. The number of imidazole rings is 1. The molecule has 1 aromatic heterocycles. The lowest BCUT2D eigenvalue weighted by Gasteiger charge is -2.22. The van der Waals surface area contributed by atoms with Crippen molar-refractivity contribution in [3.8, 4) is 11.5 Å². The Labute approximate surface area is 196 Å². The van der Waals surface area contributed by atoms with Gasteiger partial charge in [0.15, 0.2) is 11.5 Å². The Morgan fingerprint density at radius 1 is 1.15 bits per heavy atom. The molecule has 1 aromatic carbocycles. The fourth-order valence-corrected chi connectivity index (χ4v) is 3.12. The number of nitrogens with one attached hydrogen (secondary N) is 4. The number of rotatable bonds is 12. The van der Waals surface area contributed by atoms with E-state index >= 15 is 0 Å². The molecule has 0 spiro atoms. The highest BCUT2D eigenvalue weighted by molar-refractivity contribution is 5.97. The number of aromatic amines is 1. The predicted octanol–water partition coefficient (Wildman–Crippen LogP) is 0.197. The second kappa shape index (κ2) is 12.2. The van der Waals surface area contributed by atoms with E-state index in [4.69, 9.17) is 4.74 Å². The first-order chi connectivity index (χ1) is 16.1. The van der Waals surface area contributed by atoms with E-state index in [1.807, 2.05) is 13.8 Å². The molecule has 6 N–H and O–H groups in total. The standard InChI is InChI=1S/C22H29N5O7/c1-12(2)6-16(22(32)33)27-21(31)15(8-14-9-23-11-25-14)26-19(29)10-24-20(30)13-4-5-17(28)18(7-13)34-3/h4-5,7,9,11-12,15-16,28H,6,8,10H2,1-3H3,(H,23,25)(H,24,30)(H,26,29)(H,27,31)(H,32,33)/t15-,16-/m0/s1. The smallest absolute Gasteiger partial charge is 0.326 e. The number of carboxylic acid groups (broad SMARTS) is 1. The van der Waals surface area contributed by atoms with Gasteiger partial charge in [-0.2, -0.15) is 0 Å². The first-order valence-electron chi connectivity index (χ1n) is 10.6. The molecule has 2 aromatic rings. The number of aromatic nitrogens is 2. The molecular formula is C22H29N5O7. The summed E-state index contributed by atoms with van der Waals surface area (Å²) in [6, 6.07) is 1.75. The molecular weight excluding hydrogens is 446 g/mol. The molecule has 0 saturated heterocycles. The van der Waals surface area contributed by atoms with Gasteiger partial charge in [0.2, 0.25) is 11.8 Å². The molecule has 0 aliphatic carbocycles. The van der Waals surface area contributed by atoms with Crippen molar-refractivity contribution in [1.82, 2.24) is 25.9 Å². The molecule has 0 aliphatic rings. The average molecular weight is 476 g/mol. The first-order valence-corrected chi connectivity index (χ1v) is 10.6. The summed E-state index contributed by atoms with van der Waals surface area (Å²) in [6.45, 7) is 3.22. The van der Waals surface area contributed by atoms with Crippen LogP contribution in [-0.2, 0) is 20.8 Å². The molecule has 12 nitrogen and oxygen atoms in total. The molecule has 2 atom stereocenters. The number of hydrogen-bond donors (Lipinski definition) is 6. The minimum Gasteiger partial charge on any atom is -0.504 e. The predicted molar refractivity (Wildman–Crippen MR) is 120 cm³/mol. The number of phenolic OH excluding ortho intramolecular Hbond substituents is 1. The van der Waals surface area contributed by atoms with E-state index in [9.17, 15) is 29.4 Å². The van der Waals surface area contributed by atoms with E-state index < -0.39 is 42.3 Å². The number of carbonyl (C=O) groups excluding carboxylic acids is 3. The summed E-state index contributed by atoms with van der Waals surface area (Å²) in [5, 5.41) is 26.4. The summed E-state index contributed by atoms with van der Waals surface area (Å²) in [5.74, 6) is -3.11. The van der Waals surface area contributed by atoms with Crippen LogP contribution in [0.3, 0.4) is 0 Å². The monoisotopic (exact) mass is 475 g/mol. The SMILES string of the molecule is COc1cc(C(=O)NCC(=O)N[C@@H](Cc2cnc[nH]2)C(=O)N[C@@H](CC(C)C)C(=O)O)ccc1O. The zero-order chi connectivity index (χ0) is 25.3. The number of nitrogens with zero attached hydrogens (tertiary/aromatic N) is 1. The van der Waals surface area contributed by atoms with Crippen LogP contribution in [0.25, 0.3) is 0 Å². The number of carboxylic acids is 1. The molecule has 0 unspecified atom stereocenters. The van der Waals surface area contributed by atoms with Crippen LogP contribution in [0, 0.1) is 5.92 Å². The normalized spacial score (nSPS) is 12.5. The van der Waals surface area contributed by atoms with Gasteiger partial charge in [-0.25, -0.2) is 9.78 Å². The minimum atomic E-state index is -1.18. The van der Waals surface area contributed by atoms with Crippen LogP contribution in [-0.4, -0.2) is 69.6 Å². The molecule has 34 heavy (non-hydrogen) atoms. The Balaban J connectivity index is 2.04. The molecule has 184 valence electrons. The number of aromatic hydroxyl groups is 1. The molecule has 12 heteroatoms. The van der Waals surface area contributed by atoms with Crippen LogP contribution >= 0.6 is 0 Å². The van der Waals surface area contributed by atoms with Crippen LogP contribution in [0.4, 0.5) is 0 Å². The molecule has 0 saturated carbocycles. The minimum absolute atomic E-state index is 0.0239. The summed E-state index contributed by atoms with van der Waals surface area (Å²) < 4.78 is 4.96. The Morgan fingerprint density at radius 3 is 2.47 bits per heavy atom. The zero-order valence-corrected chi connectivity index (χ0v) is 19.1. The third-order valence-electron chi connectivity index (χ3n) is 4.80. The number of H-pyrrole nitrogens is 1. The Kier molecular flexibility index (Phi) is 9.41. The van der Waals surface area contributed by atoms with Crippen LogP contribution in [0.5, 0.6) is 11.5 Å². The highest BCUT2D eigenvalue weighted by Gasteiger charge is 2.27. The largest absolute Gasteiger partial charge is 0.504 e. The summed E-state index contributed by atoms with van der Waals surface area (Å²) >= 11 is 0. The van der Waals surface area contributed by atoms with Crippen molar-refractivity contribution in [2.45, 2.75) is 38.8 Å². The molecule has 2 rings (SSSR count). The quantitative estimate of drug-likeness (QED) is 0.251. The first kappa shape index (κ1) is 26.2. The Morgan fingerprint density at radius 2 is 1.88 bits per heavy atom. The van der Waals surface area contributed by atoms with Gasteiger partial charge < -0.3 is 35.9 Å². The second-order valence-electron chi connectivity index (χ2n) is 8.00. The fraction of sp³-hybridized carbons (Fsp3) is 0.409. The van der Waals surface area contributed by atoms with Crippen LogP contribution in [0.2, 0.25) is 0 Å². The van der Waals surface area contributed by atoms with Crippen molar-refractivity contribution in [3.63, 3.8) is 0 Å². The number of ether oxygens (including phenoxy) is 1. The highest BCUT2D eigenvalue weighted by Crippen LogP contribution is 2.26. The van der Waals surface area contributed by atoms with Gasteiger partial charge in [0.05, 0.1) is 20.0 Å². The van der Waals surface area contributed by atoms with Crippen molar-refractivity contribution < 1.29 is 34.1 Å². The molecule has 0 radical (unpaired) electrons. The van der Waals surface area contributed by atoms with Crippen molar-refractivity contribution in [3.05, 3.63) is 42.0 Å². The zero-order valence-electron chi connectivity index (χ0n) is 19.1. The van der Waals surface area contributed by atoms with E-state index in [0.717, 1.165) is 0 Å². The molecule has 3 amide bonds. The van der Waals surface area contributed by atoms with Gasteiger partial charge in [-0.3, -0.25) is 14.4 Å². The van der Waals surface area contributed by atoms with E-state index in [-0.39, 0.29) is 35.8 Å². The van der Waals surface area contributed by atoms with E-state index in [2.05, 4.69) is 25.9 Å². The van der Waals surface area contributed by atoms with Crippen LogP contribution in [0.1, 0.15) is 36.3 Å². The second-order valence-corrected chi connectivity index (χ2v) is 8.00. The van der Waals surface area contributed by atoms with Crippen molar-refractivity contribution >= 4 is 23.7 Å². The number of hydrogen-bond acceptors (Lipinski definition) is 7.